The summed E-state index contributed by atoms with van der Waals surface area (Å²) in [6, 6.07) is 10.0. The van der Waals surface area contributed by atoms with Gasteiger partial charge in [-0.15, -0.1) is 0 Å². The van der Waals surface area contributed by atoms with E-state index in [0.717, 1.165) is 58.3 Å². The molecule has 1 amide bonds. The highest BCUT2D eigenvalue weighted by Gasteiger charge is 2.38. The van der Waals surface area contributed by atoms with Crippen LogP contribution in [0.15, 0.2) is 24.3 Å². The summed E-state index contributed by atoms with van der Waals surface area (Å²) in [6.07, 6.45) is 8.05. The Balaban J connectivity index is 1.15. The van der Waals surface area contributed by atoms with Crippen LogP contribution in [0, 0.1) is 0 Å². The second-order valence-electron chi connectivity index (χ2n) is 9.50. The lowest BCUT2D eigenvalue weighted by Gasteiger charge is -2.44. The van der Waals surface area contributed by atoms with Crippen LogP contribution in [0.3, 0.4) is 0 Å². The normalized spacial score (nSPS) is 27.6. The Morgan fingerprint density at radius 3 is 2.48 bits per heavy atom. The summed E-state index contributed by atoms with van der Waals surface area (Å²) in [5.74, 6) is 0.340. The lowest BCUT2D eigenvalue weighted by molar-refractivity contribution is -0.138. The maximum atomic E-state index is 13.3. The number of benzene rings is 1. The number of para-hydroxylation sites is 1. The third-order valence-electron chi connectivity index (χ3n) is 7.90. The summed E-state index contributed by atoms with van der Waals surface area (Å²) in [5.41, 5.74) is 2.83. The molecule has 1 unspecified atom stereocenters. The number of nitrogens with zero attached hydrogens (tertiary/aromatic N) is 4. The molecular weight excluding hydrogens is 360 g/mol. The largest absolute Gasteiger partial charge is 0.364 e. The predicted octanol–water partition coefficient (Wildman–Crippen LogP) is 2.60. The van der Waals surface area contributed by atoms with Gasteiger partial charge in [0.05, 0.1) is 12.1 Å². The van der Waals surface area contributed by atoms with E-state index in [2.05, 4.69) is 50.8 Å². The molecule has 0 bridgehead atoms. The van der Waals surface area contributed by atoms with Gasteiger partial charge in [-0.2, -0.15) is 0 Å². The van der Waals surface area contributed by atoms with E-state index in [1.807, 2.05) is 0 Å². The zero-order chi connectivity index (χ0) is 19.8. The minimum Gasteiger partial charge on any atom is -0.364 e. The number of carbonyl (C=O) groups excluding carboxylic acids is 1. The van der Waals surface area contributed by atoms with Crippen LogP contribution in [0.5, 0.6) is 0 Å². The number of piperazine rings is 2. The Labute approximate surface area is 175 Å². The molecule has 1 aromatic rings. The summed E-state index contributed by atoms with van der Waals surface area (Å²) in [7, 11) is 0. The van der Waals surface area contributed by atoms with Gasteiger partial charge in [0.2, 0.25) is 5.91 Å². The number of carbonyl (C=O) groups is 1. The average molecular weight is 397 g/mol. The number of hydrogen-bond acceptors (Lipinski definition) is 4. The lowest BCUT2D eigenvalue weighted by atomic mass is 9.93. The topological polar surface area (TPSA) is 30.0 Å². The number of rotatable bonds is 3. The van der Waals surface area contributed by atoms with Crippen molar-refractivity contribution < 1.29 is 4.79 Å². The highest BCUT2D eigenvalue weighted by Crippen LogP contribution is 2.34. The smallest absolute Gasteiger partial charge is 0.239 e. The summed E-state index contributed by atoms with van der Waals surface area (Å²) in [6.45, 7) is 9.18. The molecule has 1 aromatic carbocycles. The third kappa shape index (κ3) is 3.79. The Morgan fingerprint density at radius 2 is 1.69 bits per heavy atom. The van der Waals surface area contributed by atoms with Gasteiger partial charge in [-0.05, 0) is 37.8 Å². The minimum atomic E-state index is 0.0128. The van der Waals surface area contributed by atoms with Crippen LogP contribution in [-0.2, 0) is 11.2 Å². The molecule has 4 aliphatic rings. The van der Waals surface area contributed by atoms with Crippen LogP contribution in [0.25, 0.3) is 0 Å². The second kappa shape index (κ2) is 8.27. The zero-order valence-electron chi connectivity index (χ0n) is 17.9. The molecule has 3 heterocycles. The first kappa shape index (κ1) is 19.4. The molecule has 1 aliphatic carbocycles. The molecule has 0 radical (unpaired) electrons. The molecule has 0 spiro atoms. The standard InChI is InChI=1S/C24H36N4O/c1-19(25-11-13-26(14-12-25)21-8-3-2-4-9-21)24(29)27-15-16-28-22(18-27)17-20-7-5-6-10-23(20)28/h5-7,10,19,21-22H,2-4,8-9,11-18H2,1H3/t19?,22-/m0/s1. The van der Waals surface area contributed by atoms with Gasteiger partial charge in [-0.1, -0.05) is 37.5 Å². The fourth-order valence-corrected chi connectivity index (χ4v) is 6.12. The molecular formula is C24H36N4O. The van der Waals surface area contributed by atoms with E-state index >= 15 is 0 Å². The molecule has 2 atom stereocenters. The Morgan fingerprint density at radius 1 is 0.931 bits per heavy atom. The SMILES string of the molecule is CC(C(=O)N1CCN2c3ccccc3C[C@H]2C1)N1CCN(C2CCCCC2)CC1. The Bertz CT molecular complexity index is 723. The van der Waals surface area contributed by atoms with E-state index in [0.29, 0.717) is 11.9 Å². The maximum Gasteiger partial charge on any atom is 0.239 e. The van der Waals surface area contributed by atoms with E-state index < -0.39 is 0 Å². The molecule has 3 aliphatic heterocycles. The van der Waals surface area contributed by atoms with Crippen LogP contribution in [0.4, 0.5) is 5.69 Å². The van der Waals surface area contributed by atoms with Gasteiger partial charge in [0, 0.05) is 57.5 Å². The highest BCUT2D eigenvalue weighted by molar-refractivity contribution is 5.82. The van der Waals surface area contributed by atoms with Crippen LogP contribution in [0.1, 0.15) is 44.6 Å². The van der Waals surface area contributed by atoms with E-state index in [1.165, 1.54) is 43.4 Å². The van der Waals surface area contributed by atoms with E-state index in [4.69, 9.17) is 0 Å². The molecule has 2 saturated heterocycles. The van der Waals surface area contributed by atoms with Crippen LogP contribution >= 0.6 is 0 Å². The first-order valence-electron chi connectivity index (χ1n) is 11.8. The van der Waals surface area contributed by atoms with Crippen molar-refractivity contribution in [1.82, 2.24) is 14.7 Å². The number of fused-ring (bicyclic) bond motifs is 3. The molecule has 3 fully saturated rings. The van der Waals surface area contributed by atoms with Gasteiger partial charge in [0.1, 0.15) is 0 Å². The van der Waals surface area contributed by atoms with Crippen LogP contribution < -0.4 is 4.90 Å². The molecule has 0 aromatic heterocycles. The molecule has 0 N–H and O–H groups in total. The molecule has 29 heavy (non-hydrogen) atoms. The van der Waals surface area contributed by atoms with Gasteiger partial charge in [-0.25, -0.2) is 0 Å². The quantitative estimate of drug-likeness (QED) is 0.786. The van der Waals surface area contributed by atoms with Crippen molar-refractivity contribution in [3.05, 3.63) is 29.8 Å². The number of hydrogen-bond donors (Lipinski definition) is 0. The van der Waals surface area contributed by atoms with Gasteiger partial charge < -0.3 is 9.80 Å². The average Bonchev–Trinajstić information content (AvgIpc) is 3.16. The van der Waals surface area contributed by atoms with Gasteiger partial charge in [0.25, 0.3) is 0 Å². The van der Waals surface area contributed by atoms with E-state index in [9.17, 15) is 4.79 Å². The van der Waals surface area contributed by atoms with Crippen molar-refractivity contribution in [2.75, 3.05) is 50.7 Å². The van der Waals surface area contributed by atoms with Crippen LogP contribution in [0.2, 0.25) is 0 Å². The first-order chi connectivity index (χ1) is 14.2. The predicted molar refractivity (Wildman–Crippen MR) is 117 cm³/mol. The summed E-state index contributed by atoms with van der Waals surface area (Å²) in [4.78, 5) is 23.1. The summed E-state index contributed by atoms with van der Waals surface area (Å²) >= 11 is 0. The Hall–Kier alpha value is -1.59. The molecule has 5 rings (SSSR count). The highest BCUT2D eigenvalue weighted by atomic mass is 16.2. The summed E-state index contributed by atoms with van der Waals surface area (Å²) < 4.78 is 0. The molecule has 5 nitrogen and oxygen atoms in total. The second-order valence-corrected chi connectivity index (χ2v) is 9.50. The fraction of sp³-hybridized carbons (Fsp3) is 0.708. The van der Waals surface area contributed by atoms with Crippen molar-refractivity contribution in [3.63, 3.8) is 0 Å². The van der Waals surface area contributed by atoms with Crippen molar-refractivity contribution in [3.8, 4) is 0 Å². The molecule has 1 saturated carbocycles. The third-order valence-corrected chi connectivity index (χ3v) is 7.90. The minimum absolute atomic E-state index is 0.0128. The van der Waals surface area contributed by atoms with Crippen molar-refractivity contribution in [1.29, 1.82) is 0 Å². The van der Waals surface area contributed by atoms with E-state index in [-0.39, 0.29) is 6.04 Å². The monoisotopic (exact) mass is 396 g/mol. The van der Waals surface area contributed by atoms with Crippen molar-refractivity contribution in [2.24, 2.45) is 0 Å². The lowest BCUT2D eigenvalue weighted by Crippen LogP contribution is -2.60. The summed E-state index contributed by atoms with van der Waals surface area (Å²) in [5, 5.41) is 0. The van der Waals surface area contributed by atoms with Gasteiger partial charge in [0.15, 0.2) is 0 Å². The van der Waals surface area contributed by atoms with E-state index in [1.54, 1.807) is 0 Å². The molecule has 158 valence electrons. The zero-order valence-corrected chi connectivity index (χ0v) is 17.9. The maximum absolute atomic E-state index is 13.3. The molecule has 5 heteroatoms. The Kier molecular flexibility index (Phi) is 5.53. The number of anilines is 1. The first-order valence-corrected chi connectivity index (χ1v) is 11.8. The van der Waals surface area contributed by atoms with Crippen molar-refractivity contribution >= 4 is 11.6 Å². The fourth-order valence-electron chi connectivity index (χ4n) is 6.12. The van der Waals surface area contributed by atoms with Gasteiger partial charge >= 0.3 is 0 Å². The van der Waals surface area contributed by atoms with Gasteiger partial charge in [-0.3, -0.25) is 14.6 Å². The number of amides is 1. The van der Waals surface area contributed by atoms with Crippen molar-refractivity contribution in [2.45, 2.75) is 63.6 Å². The van der Waals surface area contributed by atoms with Crippen LogP contribution in [-0.4, -0.2) is 84.5 Å².